The Morgan fingerprint density at radius 1 is 1.12 bits per heavy atom. The minimum absolute atomic E-state index is 0.243. The molecule has 6 nitrogen and oxygen atoms in total. The van der Waals surface area contributed by atoms with Crippen molar-refractivity contribution in [2.24, 2.45) is 0 Å². The summed E-state index contributed by atoms with van der Waals surface area (Å²) in [6.07, 6.45) is 2.76. The van der Waals surface area contributed by atoms with E-state index >= 15 is 0 Å². The quantitative estimate of drug-likeness (QED) is 0.799. The average molecular weight is 347 g/mol. The molecule has 0 bridgehead atoms. The maximum Gasteiger partial charge on any atom is 0.243 e. The summed E-state index contributed by atoms with van der Waals surface area (Å²) in [5, 5.41) is 0. The third-order valence-corrected chi connectivity index (χ3v) is 4.74. The molecular weight excluding hydrogens is 326 g/mol. The molecule has 1 aromatic heterocycles. The van der Waals surface area contributed by atoms with E-state index in [-0.39, 0.29) is 12.5 Å². The van der Waals surface area contributed by atoms with E-state index in [4.69, 9.17) is 0 Å². The van der Waals surface area contributed by atoms with Crippen LogP contribution in [0.1, 0.15) is 11.3 Å². The molecule has 0 atom stereocenters. The van der Waals surface area contributed by atoms with Gasteiger partial charge >= 0.3 is 0 Å². The molecule has 2 rings (SSSR count). The highest BCUT2D eigenvalue weighted by atomic mass is 32.2. The van der Waals surface area contributed by atoms with Gasteiger partial charge in [-0.3, -0.25) is 14.1 Å². The van der Waals surface area contributed by atoms with Gasteiger partial charge in [0.2, 0.25) is 15.9 Å². The molecule has 0 aliphatic carbocycles. The maximum absolute atomic E-state index is 12.5. The van der Waals surface area contributed by atoms with E-state index in [1.807, 2.05) is 31.2 Å². The lowest BCUT2D eigenvalue weighted by atomic mass is 10.2. The minimum atomic E-state index is -3.57. The van der Waals surface area contributed by atoms with Crippen LogP contribution in [-0.4, -0.2) is 44.1 Å². The molecule has 1 heterocycles. The second-order valence-electron chi connectivity index (χ2n) is 5.63. The van der Waals surface area contributed by atoms with Crippen LogP contribution in [0.4, 0.5) is 5.69 Å². The minimum Gasteiger partial charge on any atom is -0.338 e. The van der Waals surface area contributed by atoms with Crippen LogP contribution in [0.25, 0.3) is 0 Å². The highest BCUT2D eigenvalue weighted by Gasteiger charge is 2.23. The Morgan fingerprint density at radius 3 is 2.38 bits per heavy atom. The summed E-state index contributed by atoms with van der Waals surface area (Å²) in [6, 6.07) is 12.6. The molecule has 0 spiro atoms. The second-order valence-corrected chi connectivity index (χ2v) is 7.53. The number of carbonyl (C=O) groups is 1. The lowest BCUT2D eigenvalue weighted by Crippen LogP contribution is -2.41. The normalized spacial score (nSPS) is 11.1. The Labute approximate surface area is 142 Å². The van der Waals surface area contributed by atoms with Gasteiger partial charge in [0.25, 0.3) is 0 Å². The molecule has 0 fully saturated rings. The van der Waals surface area contributed by atoms with Crippen molar-refractivity contribution in [3.8, 4) is 0 Å². The van der Waals surface area contributed by atoms with Gasteiger partial charge in [-0.15, -0.1) is 0 Å². The summed E-state index contributed by atoms with van der Waals surface area (Å²) in [6.45, 7) is 1.90. The predicted molar refractivity (Wildman–Crippen MR) is 94.1 cm³/mol. The van der Waals surface area contributed by atoms with Crippen LogP contribution in [0.15, 0.2) is 48.7 Å². The van der Waals surface area contributed by atoms with Gasteiger partial charge in [0.1, 0.15) is 6.54 Å². The molecule has 7 heteroatoms. The second kappa shape index (κ2) is 7.44. The number of aromatic nitrogens is 1. The van der Waals surface area contributed by atoms with Gasteiger partial charge < -0.3 is 4.90 Å². The molecular formula is C17H21N3O3S. The number of hydrogen-bond acceptors (Lipinski definition) is 4. The van der Waals surface area contributed by atoms with Gasteiger partial charge in [-0.25, -0.2) is 8.42 Å². The number of rotatable bonds is 6. The number of carbonyl (C=O) groups excluding carboxylic acids is 1. The molecule has 0 aliphatic rings. The Bertz CT molecular complexity index is 807. The molecule has 128 valence electrons. The van der Waals surface area contributed by atoms with Gasteiger partial charge in [0, 0.05) is 13.2 Å². The highest BCUT2D eigenvalue weighted by Crippen LogP contribution is 2.22. The Kier molecular flexibility index (Phi) is 5.56. The van der Waals surface area contributed by atoms with Crippen molar-refractivity contribution in [2.45, 2.75) is 13.5 Å². The fraction of sp³-hybridized carbons (Fsp3) is 0.294. The molecule has 1 amide bonds. The van der Waals surface area contributed by atoms with Crippen LogP contribution >= 0.6 is 0 Å². The number of nitrogens with zero attached hydrogens (tertiary/aromatic N) is 3. The first-order valence-corrected chi connectivity index (χ1v) is 9.31. The SMILES string of the molecule is Cc1ccccc1N(CC(=O)N(C)Cc1ccccn1)S(C)(=O)=O. The van der Waals surface area contributed by atoms with Crippen LogP contribution < -0.4 is 4.31 Å². The summed E-state index contributed by atoms with van der Waals surface area (Å²) < 4.78 is 25.4. The Hall–Kier alpha value is -2.41. The zero-order valence-corrected chi connectivity index (χ0v) is 14.8. The number of hydrogen-bond donors (Lipinski definition) is 0. The number of pyridine rings is 1. The van der Waals surface area contributed by atoms with Gasteiger partial charge in [-0.2, -0.15) is 0 Å². The van der Waals surface area contributed by atoms with Crippen molar-refractivity contribution in [1.29, 1.82) is 0 Å². The van der Waals surface area contributed by atoms with Crippen molar-refractivity contribution in [3.63, 3.8) is 0 Å². The zero-order valence-electron chi connectivity index (χ0n) is 14.0. The number of benzene rings is 1. The average Bonchev–Trinajstić information content (AvgIpc) is 2.53. The van der Waals surface area contributed by atoms with Crippen LogP contribution in [-0.2, 0) is 21.4 Å². The lowest BCUT2D eigenvalue weighted by molar-refractivity contribution is -0.128. The fourth-order valence-electron chi connectivity index (χ4n) is 2.29. The van der Waals surface area contributed by atoms with Crippen molar-refractivity contribution >= 4 is 21.6 Å². The Balaban J connectivity index is 2.18. The number of anilines is 1. The van der Waals surface area contributed by atoms with Crippen LogP contribution in [0, 0.1) is 6.92 Å². The largest absolute Gasteiger partial charge is 0.338 e. The van der Waals surface area contributed by atoms with Crippen molar-refractivity contribution in [3.05, 3.63) is 59.9 Å². The molecule has 0 unspecified atom stereocenters. The van der Waals surface area contributed by atoms with E-state index in [0.29, 0.717) is 12.2 Å². The van der Waals surface area contributed by atoms with E-state index < -0.39 is 10.0 Å². The first kappa shape index (κ1) is 17.9. The molecule has 0 aliphatic heterocycles. The highest BCUT2D eigenvalue weighted by molar-refractivity contribution is 7.92. The lowest BCUT2D eigenvalue weighted by Gasteiger charge is -2.26. The summed E-state index contributed by atoms with van der Waals surface area (Å²) in [7, 11) is -1.94. The van der Waals surface area contributed by atoms with Gasteiger partial charge in [0.05, 0.1) is 24.2 Å². The van der Waals surface area contributed by atoms with Crippen LogP contribution in [0.2, 0.25) is 0 Å². The number of aryl methyl sites for hydroxylation is 1. The van der Waals surface area contributed by atoms with E-state index in [1.165, 1.54) is 4.90 Å². The topological polar surface area (TPSA) is 70.6 Å². The number of para-hydroxylation sites is 1. The molecule has 0 saturated carbocycles. The predicted octanol–water partition coefficient (Wildman–Crippen LogP) is 1.81. The number of sulfonamides is 1. The number of likely N-dealkylation sites (N-methyl/N-ethyl adjacent to an activating group) is 1. The third kappa shape index (κ3) is 4.55. The van der Waals surface area contributed by atoms with E-state index in [1.54, 1.807) is 31.4 Å². The first-order valence-electron chi connectivity index (χ1n) is 7.46. The van der Waals surface area contributed by atoms with Gasteiger partial charge in [-0.05, 0) is 30.7 Å². The van der Waals surface area contributed by atoms with Gasteiger partial charge in [0.15, 0.2) is 0 Å². The summed E-state index contributed by atoms with van der Waals surface area (Å²) in [4.78, 5) is 18.1. The Morgan fingerprint density at radius 2 is 1.79 bits per heavy atom. The smallest absolute Gasteiger partial charge is 0.243 e. The number of amides is 1. The summed E-state index contributed by atoms with van der Waals surface area (Å²) >= 11 is 0. The summed E-state index contributed by atoms with van der Waals surface area (Å²) in [5.74, 6) is -0.297. The molecule has 0 radical (unpaired) electrons. The van der Waals surface area contributed by atoms with Crippen LogP contribution in [0.3, 0.4) is 0 Å². The third-order valence-electron chi connectivity index (χ3n) is 3.61. The molecule has 0 N–H and O–H groups in total. The van der Waals surface area contributed by atoms with Crippen LogP contribution in [0.5, 0.6) is 0 Å². The molecule has 2 aromatic rings. The van der Waals surface area contributed by atoms with Crippen molar-refractivity contribution in [1.82, 2.24) is 9.88 Å². The maximum atomic E-state index is 12.5. The van der Waals surface area contributed by atoms with E-state index in [9.17, 15) is 13.2 Å². The van der Waals surface area contributed by atoms with Crippen molar-refractivity contribution in [2.75, 3.05) is 24.2 Å². The zero-order chi connectivity index (χ0) is 17.7. The molecule has 24 heavy (non-hydrogen) atoms. The molecule has 1 aromatic carbocycles. The standard InChI is InChI=1S/C17H21N3O3S/c1-14-8-4-5-10-16(14)20(24(3,22)23)13-17(21)19(2)12-15-9-6-7-11-18-15/h4-11H,12-13H2,1-3H3. The van der Waals surface area contributed by atoms with Gasteiger partial charge in [-0.1, -0.05) is 24.3 Å². The van der Waals surface area contributed by atoms with E-state index in [2.05, 4.69) is 4.98 Å². The summed E-state index contributed by atoms with van der Waals surface area (Å²) in [5.41, 5.74) is 2.05. The first-order chi connectivity index (χ1) is 11.3. The monoisotopic (exact) mass is 347 g/mol. The fourth-order valence-corrected chi connectivity index (χ4v) is 3.20. The molecule has 0 saturated heterocycles. The van der Waals surface area contributed by atoms with Crippen molar-refractivity contribution < 1.29 is 13.2 Å². The van der Waals surface area contributed by atoms with E-state index in [0.717, 1.165) is 21.8 Å².